The molecule has 5 nitrogen and oxygen atoms in total. The number of nitrogens with one attached hydrogen (secondary N) is 1. The van der Waals surface area contributed by atoms with E-state index in [1.54, 1.807) is 18.2 Å². The van der Waals surface area contributed by atoms with Gasteiger partial charge >= 0.3 is 0 Å². The van der Waals surface area contributed by atoms with E-state index < -0.39 is 11.7 Å². The van der Waals surface area contributed by atoms with Crippen molar-refractivity contribution in [3.63, 3.8) is 0 Å². The molecular formula is C27H32BrNO4. The third-order valence-corrected chi connectivity index (χ3v) is 8.35. The first-order valence-electron chi connectivity index (χ1n) is 12.0. The van der Waals surface area contributed by atoms with E-state index >= 15 is 0 Å². The summed E-state index contributed by atoms with van der Waals surface area (Å²) in [5, 5.41) is 24.5. The second kappa shape index (κ2) is 9.05. The minimum absolute atomic E-state index is 0.149. The number of hydrogen-bond acceptors (Lipinski definition) is 4. The van der Waals surface area contributed by atoms with Crippen LogP contribution in [0.4, 0.5) is 5.69 Å². The summed E-state index contributed by atoms with van der Waals surface area (Å²) in [4.78, 5) is 12.8. The molecule has 0 aromatic heterocycles. The van der Waals surface area contributed by atoms with E-state index in [9.17, 15) is 15.0 Å². The van der Waals surface area contributed by atoms with E-state index in [1.807, 2.05) is 30.3 Å². The fourth-order valence-corrected chi connectivity index (χ4v) is 7.21. The normalized spacial score (nSPS) is 30.8. The Hall–Kier alpha value is -1.89. The van der Waals surface area contributed by atoms with Crippen LogP contribution in [0.15, 0.2) is 53.0 Å². The topological polar surface area (TPSA) is 78.8 Å². The van der Waals surface area contributed by atoms with E-state index in [-0.39, 0.29) is 17.9 Å². The summed E-state index contributed by atoms with van der Waals surface area (Å²) in [7, 11) is 0. The van der Waals surface area contributed by atoms with Crippen molar-refractivity contribution in [3.8, 4) is 5.75 Å². The number of carbonyl (C=O) groups excluding carboxylic acids is 1. The monoisotopic (exact) mass is 513 g/mol. The fraction of sp³-hybridized carbons (Fsp3) is 0.519. The maximum Gasteiger partial charge on any atom is 0.259 e. The minimum atomic E-state index is -0.602. The average molecular weight is 514 g/mol. The molecule has 1 amide bonds. The van der Waals surface area contributed by atoms with Gasteiger partial charge in [-0.2, -0.15) is 0 Å². The standard InChI is InChI=1S/C27H32BrNO4/c28-20-5-7-21(8-6-20)29-25(31)23-3-1-2-4-24(23)33-16-22(30)9-10-26-12-18-11-19(13-26)15-27(32,14-18)17-26/h1-8,18-19,22,30,32H,9-17H2,(H,29,31). The van der Waals surface area contributed by atoms with Gasteiger partial charge in [-0.25, -0.2) is 0 Å². The summed E-state index contributed by atoms with van der Waals surface area (Å²) >= 11 is 3.39. The lowest BCUT2D eigenvalue weighted by Crippen LogP contribution is -2.55. The Balaban J connectivity index is 1.16. The number of para-hydroxylation sites is 1. The van der Waals surface area contributed by atoms with Crippen LogP contribution in [0.5, 0.6) is 5.75 Å². The highest BCUT2D eigenvalue weighted by Gasteiger charge is 2.56. The highest BCUT2D eigenvalue weighted by Crippen LogP contribution is 2.63. The van der Waals surface area contributed by atoms with Crippen LogP contribution < -0.4 is 10.1 Å². The lowest BCUT2D eigenvalue weighted by Gasteiger charge is -2.60. The van der Waals surface area contributed by atoms with E-state index in [1.165, 1.54) is 19.3 Å². The zero-order chi connectivity index (χ0) is 23.1. The second-order valence-corrected chi connectivity index (χ2v) is 11.6. The molecule has 0 heterocycles. The molecule has 4 aliphatic carbocycles. The largest absolute Gasteiger partial charge is 0.490 e. The van der Waals surface area contributed by atoms with E-state index in [0.717, 1.165) is 30.2 Å². The van der Waals surface area contributed by atoms with Crippen molar-refractivity contribution in [2.75, 3.05) is 11.9 Å². The zero-order valence-corrected chi connectivity index (χ0v) is 20.4. The van der Waals surface area contributed by atoms with Crippen LogP contribution >= 0.6 is 15.9 Å². The molecule has 176 valence electrons. The molecule has 6 heteroatoms. The quantitative estimate of drug-likeness (QED) is 0.432. The average Bonchev–Trinajstić information content (AvgIpc) is 2.76. The van der Waals surface area contributed by atoms with Gasteiger partial charge < -0.3 is 20.3 Å². The molecule has 0 spiro atoms. The molecule has 0 radical (unpaired) electrons. The minimum Gasteiger partial charge on any atom is -0.490 e. The lowest BCUT2D eigenvalue weighted by molar-refractivity contribution is -0.167. The molecule has 0 aliphatic heterocycles. The van der Waals surface area contributed by atoms with Crippen molar-refractivity contribution >= 4 is 27.5 Å². The summed E-state index contributed by atoms with van der Waals surface area (Å²) in [6, 6.07) is 14.5. The Bertz CT molecular complexity index is 993. The van der Waals surface area contributed by atoms with Gasteiger partial charge in [0.05, 0.1) is 17.3 Å². The molecule has 33 heavy (non-hydrogen) atoms. The maximum absolute atomic E-state index is 12.8. The van der Waals surface area contributed by atoms with Crippen LogP contribution in [-0.4, -0.2) is 34.4 Å². The number of amides is 1. The van der Waals surface area contributed by atoms with Gasteiger partial charge in [-0.1, -0.05) is 28.1 Å². The predicted octanol–water partition coefficient (Wildman–Crippen LogP) is 5.55. The smallest absolute Gasteiger partial charge is 0.259 e. The molecule has 2 aromatic carbocycles. The number of benzene rings is 2. The van der Waals surface area contributed by atoms with E-state index in [2.05, 4.69) is 21.2 Å². The maximum atomic E-state index is 12.8. The van der Waals surface area contributed by atoms with Crippen LogP contribution in [0.2, 0.25) is 0 Å². The Morgan fingerprint density at radius 3 is 2.48 bits per heavy atom. The summed E-state index contributed by atoms with van der Waals surface area (Å²) in [6.07, 6.45) is 7.47. The van der Waals surface area contributed by atoms with Gasteiger partial charge in [0, 0.05) is 10.2 Å². The Labute approximate surface area is 203 Å². The lowest BCUT2D eigenvalue weighted by atomic mass is 9.47. The van der Waals surface area contributed by atoms with Crippen LogP contribution in [0, 0.1) is 17.3 Å². The number of rotatable bonds is 8. The van der Waals surface area contributed by atoms with E-state index in [0.29, 0.717) is 35.3 Å². The van der Waals surface area contributed by atoms with Crippen LogP contribution in [0.1, 0.15) is 61.7 Å². The van der Waals surface area contributed by atoms with Gasteiger partial charge in [0.25, 0.3) is 5.91 Å². The highest BCUT2D eigenvalue weighted by atomic mass is 79.9. The third-order valence-electron chi connectivity index (χ3n) is 7.82. The summed E-state index contributed by atoms with van der Waals surface area (Å²) in [5.74, 6) is 1.53. The fourth-order valence-electron chi connectivity index (χ4n) is 6.95. The molecule has 0 saturated heterocycles. The van der Waals surface area contributed by atoms with Crippen molar-refractivity contribution in [3.05, 3.63) is 58.6 Å². The van der Waals surface area contributed by atoms with Crippen molar-refractivity contribution in [1.82, 2.24) is 0 Å². The first-order valence-corrected chi connectivity index (χ1v) is 12.8. The first kappa shape index (κ1) is 22.9. The molecule has 4 fully saturated rings. The SMILES string of the molecule is O=C(Nc1ccc(Br)cc1)c1ccccc1OCC(O)CCC12CC3CC(CC(O)(C3)C1)C2. The zero-order valence-electron chi connectivity index (χ0n) is 18.8. The molecule has 4 bridgehead atoms. The predicted molar refractivity (Wildman–Crippen MR) is 131 cm³/mol. The number of aliphatic hydroxyl groups excluding tert-OH is 1. The van der Waals surface area contributed by atoms with Crippen LogP contribution in [0.3, 0.4) is 0 Å². The molecule has 4 saturated carbocycles. The number of aliphatic hydroxyl groups is 2. The number of halogens is 1. The van der Waals surface area contributed by atoms with Gasteiger partial charge in [-0.05, 0) is 105 Å². The van der Waals surface area contributed by atoms with Crippen molar-refractivity contribution in [2.45, 2.75) is 63.1 Å². The van der Waals surface area contributed by atoms with Crippen LogP contribution in [-0.2, 0) is 0 Å². The summed E-state index contributed by atoms with van der Waals surface area (Å²) < 4.78 is 6.85. The first-order chi connectivity index (χ1) is 15.8. The van der Waals surface area contributed by atoms with Gasteiger partial charge in [0.1, 0.15) is 12.4 Å². The summed E-state index contributed by atoms with van der Waals surface area (Å²) in [5.41, 5.74) is 0.862. The summed E-state index contributed by atoms with van der Waals surface area (Å²) in [6.45, 7) is 0.149. The molecule has 3 atom stereocenters. The molecule has 3 unspecified atom stereocenters. The molecule has 4 aliphatic rings. The van der Waals surface area contributed by atoms with Crippen LogP contribution in [0.25, 0.3) is 0 Å². The number of ether oxygens (including phenoxy) is 1. The number of anilines is 1. The van der Waals surface area contributed by atoms with Crippen molar-refractivity contribution in [2.24, 2.45) is 17.3 Å². The number of carbonyl (C=O) groups is 1. The second-order valence-electron chi connectivity index (χ2n) is 10.6. The molecule has 2 aromatic rings. The van der Waals surface area contributed by atoms with Gasteiger partial charge in [-0.15, -0.1) is 0 Å². The Morgan fingerprint density at radius 1 is 1.09 bits per heavy atom. The molecule has 6 rings (SSSR count). The third kappa shape index (κ3) is 5.13. The van der Waals surface area contributed by atoms with Gasteiger partial charge in [-0.3, -0.25) is 4.79 Å². The van der Waals surface area contributed by atoms with E-state index in [4.69, 9.17) is 4.74 Å². The highest BCUT2D eigenvalue weighted by molar-refractivity contribution is 9.10. The Kier molecular flexibility index (Phi) is 6.27. The molecular weight excluding hydrogens is 482 g/mol. The van der Waals surface area contributed by atoms with Crippen molar-refractivity contribution in [1.29, 1.82) is 0 Å². The Morgan fingerprint density at radius 2 is 1.79 bits per heavy atom. The van der Waals surface area contributed by atoms with Gasteiger partial charge in [0.15, 0.2) is 0 Å². The molecule has 3 N–H and O–H groups in total. The van der Waals surface area contributed by atoms with Crippen molar-refractivity contribution < 1.29 is 19.7 Å². The van der Waals surface area contributed by atoms with Gasteiger partial charge in [0.2, 0.25) is 0 Å². The number of hydrogen-bond donors (Lipinski definition) is 3.